The molecule has 0 unspecified atom stereocenters. The first-order valence-electron chi connectivity index (χ1n) is 8.08. The molecule has 25 heavy (non-hydrogen) atoms. The van der Waals surface area contributed by atoms with Gasteiger partial charge in [0.2, 0.25) is 0 Å². The summed E-state index contributed by atoms with van der Waals surface area (Å²) in [4.78, 5) is 14.5. The molecule has 1 aromatic heterocycles. The topological polar surface area (TPSA) is 57.8 Å². The molecular formula is C20H17N3O2. The van der Waals surface area contributed by atoms with Gasteiger partial charge in [-0.25, -0.2) is 5.43 Å². The number of carbonyl (C=O) groups excluding carboxylic acids is 1. The molecule has 2 aromatic carbocycles. The summed E-state index contributed by atoms with van der Waals surface area (Å²) in [5, 5.41) is 3.92. The molecule has 3 aromatic rings. The van der Waals surface area contributed by atoms with E-state index >= 15 is 0 Å². The Labute approximate surface area is 145 Å². The van der Waals surface area contributed by atoms with Crippen molar-refractivity contribution in [1.29, 1.82) is 0 Å². The summed E-state index contributed by atoms with van der Waals surface area (Å²) in [5.74, 6) is 0.358. The Morgan fingerprint density at radius 1 is 1.04 bits per heavy atom. The second-order valence-electron chi connectivity index (χ2n) is 5.89. The van der Waals surface area contributed by atoms with E-state index in [0.29, 0.717) is 11.3 Å². The lowest BCUT2D eigenvalue weighted by Crippen LogP contribution is -2.17. The van der Waals surface area contributed by atoms with Crippen molar-refractivity contribution in [2.75, 3.05) is 4.90 Å². The number of hydrogen-bond acceptors (Lipinski definition) is 4. The van der Waals surface area contributed by atoms with Crippen LogP contribution in [0.15, 0.2) is 76.4 Å². The highest BCUT2D eigenvalue weighted by atomic mass is 16.3. The van der Waals surface area contributed by atoms with Gasteiger partial charge in [-0.15, -0.1) is 0 Å². The average molecular weight is 331 g/mol. The van der Waals surface area contributed by atoms with E-state index in [1.807, 2.05) is 36.4 Å². The van der Waals surface area contributed by atoms with Gasteiger partial charge in [-0.05, 0) is 47.5 Å². The summed E-state index contributed by atoms with van der Waals surface area (Å²) < 4.78 is 5.13. The van der Waals surface area contributed by atoms with Crippen molar-refractivity contribution in [2.45, 2.75) is 13.1 Å². The number of para-hydroxylation sites is 1. The first-order chi connectivity index (χ1) is 12.3. The van der Waals surface area contributed by atoms with Crippen LogP contribution in [-0.2, 0) is 13.1 Å². The molecule has 0 saturated carbocycles. The molecule has 124 valence electrons. The van der Waals surface area contributed by atoms with Crippen LogP contribution >= 0.6 is 0 Å². The zero-order chi connectivity index (χ0) is 17.1. The monoisotopic (exact) mass is 331 g/mol. The molecule has 0 atom stereocenters. The molecule has 5 heteroatoms. The lowest BCUT2D eigenvalue weighted by atomic mass is 10.1. The quantitative estimate of drug-likeness (QED) is 0.587. The number of amides is 1. The van der Waals surface area contributed by atoms with Crippen molar-refractivity contribution < 1.29 is 9.21 Å². The highest BCUT2D eigenvalue weighted by Gasteiger charge is 2.20. The van der Waals surface area contributed by atoms with Gasteiger partial charge in [-0.3, -0.25) is 4.79 Å². The Bertz CT molecular complexity index is 902. The van der Waals surface area contributed by atoms with Gasteiger partial charge >= 0.3 is 0 Å². The second kappa shape index (κ2) is 6.65. The Kier molecular flexibility index (Phi) is 4.04. The van der Waals surface area contributed by atoms with Gasteiger partial charge in [-0.1, -0.05) is 24.3 Å². The number of hydrazone groups is 1. The van der Waals surface area contributed by atoms with Crippen LogP contribution in [0.4, 0.5) is 5.69 Å². The van der Waals surface area contributed by atoms with E-state index in [1.165, 1.54) is 23.0 Å². The highest BCUT2D eigenvalue weighted by Crippen LogP contribution is 2.28. The van der Waals surface area contributed by atoms with Crippen LogP contribution in [0.3, 0.4) is 0 Å². The minimum absolute atomic E-state index is 0.233. The summed E-state index contributed by atoms with van der Waals surface area (Å²) in [6.07, 6.45) is 3.03. The third-order valence-corrected chi connectivity index (χ3v) is 4.21. The second-order valence-corrected chi connectivity index (χ2v) is 5.89. The molecular weight excluding hydrogens is 314 g/mol. The van der Waals surface area contributed by atoms with Gasteiger partial charge in [0.25, 0.3) is 5.91 Å². The molecule has 0 fully saturated rings. The first kappa shape index (κ1) is 15.2. The molecule has 0 radical (unpaired) electrons. The largest absolute Gasteiger partial charge is 0.463 e. The van der Waals surface area contributed by atoms with E-state index in [4.69, 9.17) is 4.42 Å². The van der Waals surface area contributed by atoms with Crippen LogP contribution in [-0.4, -0.2) is 12.1 Å². The average Bonchev–Trinajstić information content (AvgIpc) is 3.31. The fourth-order valence-electron chi connectivity index (χ4n) is 2.94. The number of anilines is 1. The highest BCUT2D eigenvalue weighted by molar-refractivity contribution is 5.95. The van der Waals surface area contributed by atoms with Crippen molar-refractivity contribution in [3.63, 3.8) is 0 Å². The zero-order valence-electron chi connectivity index (χ0n) is 13.6. The summed E-state index contributed by atoms with van der Waals surface area (Å²) in [6.45, 7) is 1.66. The summed E-state index contributed by atoms with van der Waals surface area (Å²) in [6, 6.07) is 19.6. The first-order valence-corrected chi connectivity index (χ1v) is 8.08. The molecule has 4 rings (SSSR count). The smallest absolute Gasteiger partial charge is 0.271 e. The van der Waals surface area contributed by atoms with Crippen LogP contribution in [0.25, 0.3) is 0 Å². The van der Waals surface area contributed by atoms with Gasteiger partial charge in [0.15, 0.2) is 0 Å². The van der Waals surface area contributed by atoms with Crippen LogP contribution in [0.1, 0.15) is 27.2 Å². The van der Waals surface area contributed by atoms with Crippen molar-refractivity contribution in [2.24, 2.45) is 5.10 Å². The molecule has 0 bridgehead atoms. The maximum atomic E-state index is 12.3. The molecule has 2 heterocycles. The zero-order valence-corrected chi connectivity index (χ0v) is 13.6. The van der Waals surface area contributed by atoms with E-state index in [2.05, 4.69) is 27.6 Å². The third-order valence-electron chi connectivity index (χ3n) is 4.21. The van der Waals surface area contributed by atoms with Crippen LogP contribution in [0.5, 0.6) is 0 Å². The maximum absolute atomic E-state index is 12.3. The Morgan fingerprint density at radius 3 is 2.68 bits per heavy atom. The molecule has 1 N–H and O–H groups in total. The van der Waals surface area contributed by atoms with Crippen molar-refractivity contribution in [3.05, 3.63) is 89.4 Å². The van der Waals surface area contributed by atoms with Gasteiger partial charge in [0, 0.05) is 24.3 Å². The number of hydrogen-bond donors (Lipinski definition) is 1. The standard InChI is InChI=1S/C20H17N3O2/c24-20(22-21-12-19-7-4-10-25-19)15-8-9-16-13-23(14-17(16)11-15)18-5-2-1-3-6-18/h1-12H,13-14H2,(H,22,24)/b21-12-. The molecule has 0 aliphatic carbocycles. The Balaban J connectivity index is 1.45. The minimum Gasteiger partial charge on any atom is -0.463 e. The predicted molar refractivity (Wildman–Crippen MR) is 96.5 cm³/mol. The summed E-state index contributed by atoms with van der Waals surface area (Å²) in [5.41, 5.74) is 6.74. The molecule has 1 aliphatic heterocycles. The van der Waals surface area contributed by atoms with E-state index in [1.54, 1.807) is 18.4 Å². The van der Waals surface area contributed by atoms with Crippen molar-refractivity contribution in [1.82, 2.24) is 5.43 Å². The molecule has 1 amide bonds. The lowest BCUT2D eigenvalue weighted by molar-refractivity contribution is 0.0955. The molecule has 0 spiro atoms. The van der Waals surface area contributed by atoms with Gasteiger partial charge in [-0.2, -0.15) is 5.10 Å². The molecule has 1 aliphatic rings. The number of rotatable bonds is 4. The lowest BCUT2D eigenvalue weighted by Gasteiger charge is -2.17. The fraction of sp³-hybridized carbons (Fsp3) is 0.100. The number of benzene rings is 2. The minimum atomic E-state index is -0.233. The number of nitrogens with one attached hydrogen (secondary N) is 1. The predicted octanol–water partition coefficient (Wildman–Crippen LogP) is 3.56. The van der Waals surface area contributed by atoms with Crippen LogP contribution < -0.4 is 10.3 Å². The maximum Gasteiger partial charge on any atom is 0.271 e. The molecule has 5 nitrogen and oxygen atoms in total. The van der Waals surface area contributed by atoms with E-state index in [-0.39, 0.29) is 5.91 Å². The van der Waals surface area contributed by atoms with E-state index in [0.717, 1.165) is 13.1 Å². The van der Waals surface area contributed by atoms with Gasteiger partial charge in [0.1, 0.15) is 5.76 Å². The Morgan fingerprint density at radius 2 is 1.88 bits per heavy atom. The van der Waals surface area contributed by atoms with Gasteiger partial charge in [0.05, 0.1) is 12.5 Å². The molecule has 0 saturated heterocycles. The number of nitrogens with zero attached hydrogens (tertiary/aromatic N) is 2. The summed E-state index contributed by atoms with van der Waals surface area (Å²) in [7, 11) is 0. The van der Waals surface area contributed by atoms with Crippen LogP contribution in [0, 0.1) is 0 Å². The number of fused-ring (bicyclic) bond motifs is 1. The van der Waals surface area contributed by atoms with Crippen LogP contribution in [0.2, 0.25) is 0 Å². The van der Waals surface area contributed by atoms with E-state index in [9.17, 15) is 4.79 Å². The van der Waals surface area contributed by atoms with Gasteiger partial charge < -0.3 is 9.32 Å². The number of carbonyl (C=O) groups is 1. The normalized spacial score (nSPS) is 13.2. The fourth-order valence-corrected chi connectivity index (χ4v) is 2.94. The van der Waals surface area contributed by atoms with E-state index < -0.39 is 0 Å². The number of furan rings is 1. The third kappa shape index (κ3) is 3.30. The van der Waals surface area contributed by atoms with Crippen molar-refractivity contribution >= 4 is 17.8 Å². The Hall–Kier alpha value is -3.34. The summed E-state index contributed by atoms with van der Waals surface area (Å²) >= 11 is 0. The van der Waals surface area contributed by atoms with Crippen molar-refractivity contribution in [3.8, 4) is 0 Å². The SMILES string of the molecule is O=C(N/N=C\c1ccco1)c1ccc2c(c1)CN(c1ccccc1)C2.